The van der Waals surface area contributed by atoms with E-state index in [1.807, 2.05) is 36.1 Å². The van der Waals surface area contributed by atoms with E-state index in [4.69, 9.17) is 9.72 Å². The monoisotopic (exact) mass is 410 g/mol. The first-order valence-electron chi connectivity index (χ1n) is 9.95. The molecular weight excluding hydrogens is 384 g/mol. The first-order chi connectivity index (χ1) is 14.0. The summed E-state index contributed by atoms with van der Waals surface area (Å²) in [6.45, 7) is 9.74. The van der Waals surface area contributed by atoms with Crippen LogP contribution in [0.3, 0.4) is 0 Å². The molecule has 152 valence electrons. The van der Waals surface area contributed by atoms with Crippen molar-refractivity contribution in [2.24, 2.45) is 0 Å². The molecule has 0 saturated carbocycles. The van der Waals surface area contributed by atoms with Gasteiger partial charge in [-0.3, -0.25) is 0 Å². The Bertz CT molecular complexity index is 1010. The van der Waals surface area contributed by atoms with Gasteiger partial charge in [0.1, 0.15) is 5.75 Å². The first kappa shape index (κ1) is 19.5. The number of carbonyl (C=O) groups is 1. The average Bonchev–Trinajstić information content (AvgIpc) is 3.14. The van der Waals surface area contributed by atoms with E-state index in [9.17, 15) is 4.79 Å². The summed E-state index contributed by atoms with van der Waals surface area (Å²) in [7, 11) is 0. The van der Waals surface area contributed by atoms with Gasteiger partial charge >= 0.3 is 6.03 Å². The number of nitrogens with one attached hydrogen (secondary N) is 1. The molecule has 4 rings (SSSR count). The van der Waals surface area contributed by atoms with Crippen molar-refractivity contribution in [3.8, 4) is 5.75 Å². The SMILES string of the molecule is CCOc1ccc(NC(=O)N2CCN(c3nc4c(C)cc(C)cc4s3)CC2)cc1. The normalized spacial score (nSPS) is 14.3. The van der Waals surface area contributed by atoms with E-state index in [-0.39, 0.29) is 6.03 Å². The maximum Gasteiger partial charge on any atom is 0.321 e. The number of benzene rings is 2. The summed E-state index contributed by atoms with van der Waals surface area (Å²) in [4.78, 5) is 21.6. The number of rotatable bonds is 4. The number of nitrogens with zero attached hydrogens (tertiary/aromatic N) is 3. The number of ether oxygens (including phenoxy) is 1. The number of piperazine rings is 1. The molecule has 2 heterocycles. The van der Waals surface area contributed by atoms with E-state index in [0.29, 0.717) is 19.7 Å². The molecule has 1 aliphatic heterocycles. The van der Waals surface area contributed by atoms with E-state index < -0.39 is 0 Å². The Labute approximate surface area is 175 Å². The van der Waals surface area contributed by atoms with Crippen LogP contribution < -0.4 is 15.0 Å². The molecule has 7 heteroatoms. The molecule has 1 aromatic heterocycles. The minimum atomic E-state index is -0.0652. The van der Waals surface area contributed by atoms with Gasteiger partial charge in [-0.15, -0.1) is 0 Å². The lowest BCUT2D eigenvalue weighted by Crippen LogP contribution is -2.50. The number of aromatic nitrogens is 1. The third-order valence-electron chi connectivity index (χ3n) is 5.07. The van der Waals surface area contributed by atoms with Gasteiger partial charge in [0, 0.05) is 31.9 Å². The number of carbonyl (C=O) groups excluding carboxylic acids is 1. The van der Waals surface area contributed by atoms with Crippen LogP contribution in [0, 0.1) is 13.8 Å². The van der Waals surface area contributed by atoms with Crippen molar-refractivity contribution in [3.63, 3.8) is 0 Å². The predicted molar refractivity (Wildman–Crippen MR) is 120 cm³/mol. The number of thiazole rings is 1. The number of urea groups is 1. The van der Waals surface area contributed by atoms with E-state index in [0.717, 1.165) is 35.2 Å². The lowest BCUT2D eigenvalue weighted by Gasteiger charge is -2.34. The van der Waals surface area contributed by atoms with Gasteiger partial charge in [-0.2, -0.15) is 0 Å². The molecule has 1 N–H and O–H groups in total. The van der Waals surface area contributed by atoms with Gasteiger partial charge in [-0.25, -0.2) is 9.78 Å². The molecule has 0 bridgehead atoms. The van der Waals surface area contributed by atoms with Crippen LogP contribution in [0.5, 0.6) is 5.75 Å². The van der Waals surface area contributed by atoms with E-state index in [2.05, 4.69) is 36.2 Å². The minimum absolute atomic E-state index is 0.0652. The van der Waals surface area contributed by atoms with E-state index in [1.165, 1.54) is 15.8 Å². The number of anilines is 2. The highest BCUT2D eigenvalue weighted by Crippen LogP contribution is 2.32. The quantitative estimate of drug-likeness (QED) is 0.679. The Morgan fingerprint density at radius 1 is 1.14 bits per heavy atom. The molecule has 0 aliphatic carbocycles. The molecule has 3 aromatic rings. The van der Waals surface area contributed by atoms with Crippen molar-refractivity contribution in [2.75, 3.05) is 43.0 Å². The van der Waals surface area contributed by atoms with E-state index in [1.54, 1.807) is 11.3 Å². The fourth-order valence-corrected chi connectivity index (χ4v) is 4.79. The van der Waals surface area contributed by atoms with Gasteiger partial charge in [-0.1, -0.05) is 17.4 Å². The Kier molecular flexibility index (Phi) is 5.58. The largest absolute Gasteiger partial charge is 0.494 e. The fourth-order valence-electron chi connectivity index (χ4n) is 3.60. The van der Waals surface area contributed by atoms with Crippen LogP contribution in [0.25, 0.3) is 10.2 Å². The van der Waals surface area contributed by atoms with Crippen LogP contribution in [0.4, 0.5) is 15.6 Å². The third-order valence-corrected chi connectivity index (χ3v) is 6.14. The number of hydrogen-bond acceptors (Lipinski definition) is 5. The highest BCUT2D eigenvalue weighted by atomic mass is 32.1. The molecule has 1 aliphatic rings. The van der Waals surface area contributed by atoms with Gasteiger partial charge in [-0.05, 0) is 62.2 Å². The Balaban J connectivity index is 1.36. The zero-order chi connectivity index (χ0) is 20.4. The van der Waals surface area contributed by atoms with Gasteiger partial charge < -0.3 is 19.9 Å². The Hall–Kier alpha value is -2.80. The highest BCUT2D eigenvalue weighted by molar-refractivity contribution is 7.22. The number of aryl methyl sites for hydroxylation is 2. The van der Waals surface area contributed by atoms with Crippen molar-refractivity contribution >= 4 is 38.4 Å². The molecule has 2 aromatic carbocycles. The average molecular weight is 411 g/mol. The van der Waals surface area contributed by atoms with Crippen molar-refractivity contribution in [2.45, 2.75) is 20.8 Å². The van der Waals surface area contributed by atoms with Gasteiger partial charge in [0.25, 0.3) is 0 Å². The molecule has 29 heavy (non-hydrogen) atoms. The molecule has 0 radical (unpaired) electrons. The minimum Gasteiger partial charge on any atom is -0.494 e. The summed E-state index contributed by atoms with van der Waals surface area (Å²) in [6.07, 6.45) is 0. The lowest BCUT2D eigenvalue weighted by atomic mass is 10.1. The molecule has 0 atom stereocenters. The van der Waals surface area contributed by atoms with Crippen LogP contribution in [-0.2, 0) is 0 Å². The topological polar surface area (TPSA) is 57.7 Å². The highest BCUT2D eigenvalue weighted by Gasteiger charge is 2.23. The summed E-state index contributed by atoms with van der Waals surface area (Å²) in [5.74, 6) is 0.806. The summed E-state index contributed by atoms with van der Waals surface area (Å²) in [5.41, 5.74) is 4.35. The molecular formula is C22H26N4O2S. The second kappa shape index (κ2) is 8.29. The standard InChI is InChI=1S/C22H26N4O2S/c1-4-28-18-7-5-17(6-8-18)23-21(27)25-9-11-26(12-10-25)22-24-20-16(3)13-15(2)14-19(20)29-22/h5-8,13-14H,4,9-12H2,1-3H3,(H,23,27). The third kappa shape index (κ3) is 4.29. The molecule has 6 nitrogen and oxygen atoms in total. The van der Waals surface area contributed by atoms with Crippen LogP contribution >= 0.6 is 11.3 Å². The number of hydrogen-bond donors (Lipinski definition) is 1. The lowest BCUT2D eigenvalue weighted by molar-refractivity contribution is 0.208. The second-order valence-electron chi connectivity index (χ2n) is 7.29. The van der Waals surface area contributed by atoms with E-state index >= 15 is 0 Å². The number of fused-ring (bicyclic) bond motifs is 1. The first-order valence-corrected chi connectivity index (χ1v) is 10.8. The zero-order valence-electron chi connectivity index (χ0n) is 17.1. The summed E-state index contributed by atoms with van der Waals surface area (Å²) < 4.78 is 6.67. The summed E-state index contributed by atoms with van der Waals surface area (Å²) in [5, 5.41) is 4.01. The van der Waals surface area contributed by atoms with Gasteiger partial charge in [0.05, 0.1) is 16.8 Å². The van der Waals surface area contributed by atoms with Crippen LogP contribution in [0.2, 0.25) is 0 Å². The Morgan fingerprint density at radius 3 is 2.55 bits per heavy atom. The van der Waals surface area contributed by atoms with Crippen molar-refractivity contribution in [3.05, 3.63) is 47.5 Å². The molecule has 1 saturated heterocycles. The van der Waals surface area contributed by atoms with Crippen LogP contribution in [0.1, 0.15) is 18.1 Å². The van der Waals surface area contributed by atoms with Crippen molar-refractivity contribution in [1.82, 2.24) is 9.88 Å². The van der Waals surface area contributed by atoms with Crippen molar-refractivity contribution in [1.29, 1.82) is 0 Å². The smallest absolute Gasteiger partial charge is 0.321 e. The maximum absolute atomic E-state index is 12.6. The molecule has 1 fully saturated rings. The molecule has 0 unspecified atom stereocenters. The zero-order valence-corrected chi connectivity index (χ0v) is 17.9. The summed E-state index contributed by atoms with van der Waals surface area (Å²) >= 11 is 1.73. The molecule has 0 spiro atoms. The fraction of sp³-hybridized carbons (Fsp3) is 0.364. The Morgan fingerprint density at radius 2 is 1.86 bits per heavy atom. The number of amides is 2. The van der Waals surface area contributed by atoms with Gasteiger partial charge in [0.15, 0.2) is 5.13 Å². The van der Waals surface area contributed by atoms with Crippen LogP contribution in [0.15, 0.2) is 36.4 Å². The maximum atomic E-state index is 12.6. The second-order valence-corrected chi connectivity index (χ2v) is 8.30. The summed E-state index contributed by atoms with van der Waals surface area (Å²) in [6, 6.07) is 11.8. The molecule has 2 amide bonds. The van der Waals surface area contributed by atoms with Crippen LogP contribution in [-0.4, -0.2) is 48.7 Å². The predicted octanol–water partition coefficient (Wildman–Crippen LogP) is 4.67. The van der Waals surface area contributed by atoms with Gasteiger partial charge in [0.2, 0.25) is 0 Å². The van der Waals surface area contributed by atoms with Crippen molar-refractivity contribution < 1.29 is 9.53 Å².